The lowest BCUT2D eigenvalue weighted by Crippen LogP contribution is -2.41. The molecule has 0 saturated carbocycles. The minimum Gasteiger partial charge on any atom is -0.347 e. The van der Waals surface area contributed by atoms with Crippen molar-refractivity contribution in [3.63, 3.8) is 0 Å². The highest BCUT2D eigenvalue weighted by Crippen LogP contribution is 2.33. The molecule has 3 aromatic rings. The fourth-order valence-corrected chi connectivity index (χ4v) is 4.37. The fourth-order valence-electron chi connectivity index (χ4n) is 2.84. The minimum absolute atomic E-state index is 0.0107. The van der Waals surface area contributed by atoms with E-state index < -0.39 is 34.9 Å². The van der Waals surface area contributed by atoms with Gasteiger partial charge in [-0.3, -0.25) is 9.59 Å². The topological polar surface area (TPSA) is 88.9 Å². The van der Waals surface area contributed by atoms with Crippen LogP contribution in [0, 0.1) is 0 Å². The minimum atomic E-state index is -4.82. The molecule has 0 unspecified atom stereocenters. The third-order valence-electron chi connectivity index (χ3n) is 4.20. The standard InChI is InChI=1S/C21H17Br2ClF3N5O2/c1-20(2,3)30-18(33)11-7-10(22)8-12(23)16(11)29-19(34)14-9-15(21(25,26)27)31-32(14)17-13(24)5-4-6-28-17/h4-9H,1-3H3,(H,29,34)(H,30,33). The van der Waals surface area contributed by atoms with E-state index in [0.717, 1.165) is 0 Å². The third-order valence-corrected chi connectivity index (χ3v) is 5.58. The number of aromatic nitrogens is 3. The molecule has 3 rings (SSSR count). The van der Waals surface area contributed by atoms with Crippen molar-refractivity contribution in [2.24, 2.45) is 0 Å². The van der Waals surface area contributed by atoms with Crippen molar-refractivity contribution >= 4 is 61.0 Å². The largest absolute Gasteiger partial charge is 0.435 e. The Labute approximate surface area is 214 Å². The molecule has 0 aliphatic carbocycles. The molecule has 0 radical (unpaired) electrons. The average molecular weight is 624 g/mol. The SMILES string of the molecule is CC(C)(C)NC(=O)c1cc(Br)cc(Br)c1NC(=O)c1cc(C(F)(F)F)nn1-c1ncccc1Cl. The van der Waals surface area contributed by atoms with E-state index in [1.807, 2.05) is 0 Å². The Morgan fingerprint density at radius 3 is 2.35 bits per heavy atom. The number of halogens is 6. The lowest BCUT2D eigenvalue weighted by atomic mass is 10.1. The number of pyridine rings is 1. The number of nitrogens with zero attached hydrogens (tertiary/aromatic N) is 3. The third kappa shape index (κ3) is 5.97. The number of hydrogen-bond donors (Lipinski definition) is 2. The molecule has 0 spiro atoms. The summed E-state index contributed by atoms with van der Waals surface area (Å²) in [5.74, 6) is -1.62. The zero-order valence-electron chi connectivity index (χ0n) is 17.9. The highest BCUT2D eigenvalue weighted by molar-refractivity contribution is 9.11. The molecule has 2 amide bonds. The Bertz CT molecular complexity index is 1270. The summed E-state index contributed by atoms with van der Waals surface area (Å²) in [7, 11) is 0. The Kier molecular flexibility index (Phi) is 7.44. The molecule has 34 heavy (non-hydrogen) atoms. The molecular weight excluding hydrogens is 607 g/mol. The number of amides is 2. The van der Waals surface area contributed by atoms with Crippen molar-refractivity contribution in [3.05, 3.63) is 67.4 Å². The van der Waals surface area contributed by atoms with Crippen molar-refractivity contribution in [1.29, 1.82) is 0 Å². The van der Waals surface area contributed by atoms with E-state index in [9.17, 15) is 22.8 Å². The average Bonchev–Trinajstić information content (AvgIpc) is 3.14. The molecule has 0 atom stereocenters. The van der Waals surface area contributed by atoms with Gasteiger partial charge in [0.15, 0.2) is 11.5 Å². The van der Waals surface area contributed by atoms with Gasteiger partial charge in [-0.1, -0.05) is 27.5 Å². The second-order valence-corrected chi connectivity index (χ2v) is 10.3. The van der Waals surface area contributed by atoms with Crippen molar-refractivity contribution in [3.8, 4) is 5.82 Å². The van der Waals surface area contributed by atoms with Gasteiger partial charge in [-0.05, 0) is 61.0 Å². The van der Waals surface area contributed by atoms with E-state index in [4.69, 9.17) is 11.6 Å². The van der Waals surface area contributed by atoms with Gasteiger partial charge in [0.2, 0.25) is 0 Å². The number of carbonyl (C=O) groups excluding carboxylic acids is 2. The van der Waals surface area contributed by atoms with E-state index >= 15 is 0 Å². The summed E-state index contributed by atoms with van der Waals surface area (Å²) in [4.78, 5) is 30.0. The summed E-state index contributed by atoms with van der Waals surface area (Å²) in [6.45, 7) is 5.35. The van der Waals surface area contributed by atoms with Gasteiger partial charge in [-0.25, -0.2) is 9.67 Å². The monoisotopic (exact) mass is 621 g/mol. The molecule has 1 aromatic carbocycles. The first-order chi connectivity index (χ1) is 15.7. The van der Waals surface area contributed by atoms with Gasteiger partial charge in [0.25, 0.3) is 11.8 Å². The van der Waals surface area contributed by atoms with Crippen LogP contribution in [0.25, 0.3) is 5.82 Å². The molecule has 0 aliphatic heterocycles. The molecule has 13 heteroatoms. The Morgan fingerprint density at radius 2 is 1.76 bits per heavy atom. The van der Waals surface area contributed by atoms with Crippen LogP contribution in [-0.4, -0.2) is 32.1 Å². The van der Waals surface area contributed by atoms with E-state index in [1.54, 1.807) is 26.8 Å². The summed E-state index contributed by atoms with van der Waals surface area (Å²) >= 11 is 12.7. The molecule has 0 bridgehead atoms. The van der Waals surface area contributed by atoms with Gasteiger partial charge >= 0.3 is 6.18 Å². The normalized spacial score (nSPS) is 11.9. The summed E-state index contributed by atoms with van der Waals surface area (Å²) in [5, 5.41) is 8.80. The number of hydrogen-bond acceptors (Lipinski definition) is 4. The maximum Gasteiger partial charge on any atom is 0.435 e. The molecule has 0 saturated heterocycles. The number of anilines is 1. The Hall–Kier alpha value is -2.44. The molecule has 0 aliphatic rings. The van der Waals surface area contributed by atoms with E-state index in [1.165, 1.54) is 24.4 Å². The smallest absolute Gasteiger partial charge is 0.347 e. The van der Waals surface area contributed by atoms with Crippen LogP contribution in [0.5, 0.6) is 0 Å². The number of rotatable bonds is 4. The summed E-state index contributed by atoms with van der Waals surface area (Å²) in [6, 6.07) is 6.54. The predicted molar refractivity (Wildman–Crippen MR) is 128 cm³/mol. The van der Waals surface area contributed by atoms with Gasteiger partial charge in [0.05, 0.1) is 16.3 Å². The van der Waals surface area contributed by atoms with E-state index in [2.05, 4.69) is 52.6 Å². The zero-order chi connectivity index (χ0) is 25.4. The van der Waals surface area contributed by atoms with Gasteiger partial charge in [0, 0.05) is 26.7 Å². The molecule has 180 valence electrons. The highest BCUT2D eigenvalue weighted by Gasteiger charge is 2.37. The molecule has 2 N–H and O–H groups in total. The lowest BCUT2D eigenvalue weighted by Gasteiger charge is -2.22. The Morgan fingerprint density at radius 1 is 1.09 bits per heavy atom. The maximum atomic E-state index is 13.4. The highest BCUT2D eigenvalue weighted by atomic mass is 79.9. The van der Waals surface area contributed by atoms with Crippen LogP contribution in [0.15, 0.2) is 45.5 Å². The lowest BCUT2D eigenvalue weighted by molar-refractivity contribution is -0.141. The fraction of sp³-hybridized carbons (Fsp3) is 0.238. The molecule has 2 heterocycles. The number of carbonyl (C=O) groups is 2. The molecule has 7 nitrogen and oxygen atoms in total. The van der Waals surface area contributed by atoms with E-state index in [0.29, 0.717) is 19.7 Å². The van der Waals surface area contributed by atoms with Crippen LogP contribution >= 0.6 is 43.5 Å². The van der Waals surface area contributed by atoms with Gasteiger partial charge in [-0.15, -0.1) is 0 Å². The van der Waals surface area contributed by atoms with Crippen LogP contribution in [-0.2, 0) is 6.18 Å². The van der Waals surface area contributed by atoms with Crippen molar-refractivity contribution < 1.29 is 22.8 Å². The first-order valence-corrected chi connectivity index (χ1v) is 11.5. The molecular formula is C21H17Br2ClF3N5O2. The summed E-state index contributed by atoms with van der Waals surface area (Å²) in [5.41, 5.74) is -2.22. The zero-order valence-corrected chi connectivity index (χ0v) is 21.8. The number of nitrogens with one attached hydrogen (secondary N) is 2. The summed E-state index contributed by atoms with van der Waals surface area (Å²) in [6.07, 6.45) is -3.52. The van der Waals surface area contributed by atoms with Gasteiger partial charge in [0.1, 0.15) is 5.69 Å². The van der Waals surface area contributed by atoms with Crippen molar-refractivity contribution in [1.82, 2.24) is 20.1 Å². The van der Waals surface area contributed by atoms with Crippen LogP contribution in [0.2, 0.25) is 5.02 Å². The second-order valence-electron chi connectivity index (χ2n) is 8.10. The van der Waals surface area contributed by atoms with Gasteiger partial charge in [-0.2, -0.15) is 18.3 Å². The summed E-state index contributed by atoms with van der Waals surface area (Å²) < 4.78 is 41.8. The number of alkyl halides is 3. The first kappa shape index (κ1) is 26.2. The van der Waals surface area contributed by atoms with Crippen LogP contribution in [0.3, 0.4) is 0 Å². The van der Waals surface area contributed by atoms with Crippen LogP contribution < -0.4 is 10.6 Å². The van der Waals surface area contributed by atoms with Gasteiger partial charge < -0.3 is 10.6 Å². The molecule has 2 aromatic heterocycles. The maximum absolute atomic E-state index is 13.4. The molecule has 0 fully saturated rings. The van der Waals surface area contributed by atoms with Crippen molar-refractivity contribution in [2.75, 3.05) is 5.32 Å². The van der Waals surface area contributed by atoms with E-state index in [-0.39, 0.29) is 22.1 Å². The van der Waals surface area contributed by atoms with Crippen LogP contribution in [0.4, 0.5) is 18.9 Å². The second kappa shape index (κ2) is 9.67. The Balaban J connectivity index is 2.10. The van der Waals surface area contributed by atoms with Crippen molar-refractivity contribution in [2.45, 2.75) is 32.5 Å². The first-order valence-electron chi connectivity index (χ1n) is 9.58. The predicted octanol–water partition coefficient (Wildman–Crippen LogP) is 6.25. The number of benzene rings is 1. The quantitative estimate of drug-likeness (QED) is 0.360. The van der Waals surface area contributed by atoms with Crippen LogP contribution in [0.1, 0.15) is 47.3 Å².